The molecule has 4 rings (SSSR count). The Morgan fingerprint density at radius 3 is 2.55 bits per heavy atom. The molecule has 40 heavy (non-hydrogen) atoms. The summed E-state index contributed by atoms with van der Waals surface area (Å²) >= 11 is 10.0. The molecule has 15 heteroatoms. The maximum Gasteiger partial charge on any atom is 0.339 e. The van der Waals surface area contributed by atoms with Gasteiger partial charge in [-0.05, 0) is 69.7 Å². The summed E-state index contributed by atoms with van der Waals surface area (Å²) in [6, 6.07) is 14.1. The van der Waals surface area contributed by atoms with Gasteiger partial charge in [-0.15, -0.1) is 0 Å². The number of thioether (sulfide) groups is 1. The molecular weight excluding hydrogens is 652 g/mol. The van der Waals surface area contributed by atoms with E-state index < -0.39 is 36.8 Å². The van der Waals surface area contributed by atoms with Crippen molar-refractivity contribution in [1.29, 1.82) is 0 Å². The molecule has 0 bridgehead atoms. The Morgan fingerprint density at radius 1 is 1.10 bits per heavy atom. The highest BCUT2D eigenvalue weighted by atomic mass is 79.9. The minimum atomic E-state index is -4.47. The Hall–Kier alpha value is -3.59. The van der Waals surface area contributed by atoms with E-state index in [9.17, 15) is 28.1 Å². The highest BCUT2D eigenvalue weighted by Crippen LogP contribution is 2.40. The van der Waals surface area contributed by atoms with Gasteiger partial charge in [0.1, 0.15) is 17.3 Å². The molecule has 208 valence electrons. The number of carbonyl (C=O) groups excluding carboxylic acids is 2. The SMILES string of the molecule is COc1cc(/C=C2\SC(=O)N(CCOc3ccccc3Cl)C2=O)cc(Br)c1OS(=O)(=O)c1cccc([N+](=O)[O-])c1. The van der Waals surface area contributed by atoms with Crippen LogP contribution in [0.25, 0.3) is 6.08 Å². The van der Waals surface area contributed by atoms with Gasteiger partial charge in [-0.25, -0.2) is 0 Å². The molecule has 0 unspecified atom stereocenters. The van der Waals surface area contributed by atoms with E-state index in [-0.39, 0.29) is 34.0 Å². The molecule has 11 nitrogen and oxygen atoms in total. The van der Waals surface area contributed by atoms with E-state index in [1.54, 1.807) is 24.3 Å². The molecule has 1 saturated heterocycles. The van der Waals surface area contributed by atoms with E-state index in [4.69, 9.17) is 25.3 Å². The number of imide groups is 1. The third kappa shape index (κ3) is 6.58. The van der Waals surface area contributed by atoms with E-state index in [0.717, 1.165) is 34.9 Å². The Kier molecular flexibility index (Phi) is 9.03. The smallest absolute Gasteiger partial charge is 0.339 e. The zero-order chi connectivity index (χ0) is 29.0. The average Bonchev–Trinajstić information content (AvgIpc) is 3.18. The minimum Gasteiger partial charge on any atom is -0.493 e. The van der Waals surface area contributed by atoms with E-state index in [2.05, 4.69) is 15.9 Å². The molecule has 1 heterocycles. The lowest BCUT2D eigenvalue weighted by Crippen LogP contribution is -2.32. The lowest BCUT2D eigenvalue weighted by atomic mass is 10.2. The molecule has 0 aliphatic carbocycles. The zero-order valence-corrected chi connectivity index (χ0v) is 24.4. The van der Waals surface area contributed by atoms with Crippen LogP contribution in [0, 0.1) is 10.1 Å². The van der Waals surface area contributed by atoms with Crippen LogP contribution >= 0.6 is 39.3 Å². The molecular formula is C25H18BrClN2O9S2. The van der Waals surface area contributed by atoms with Gasteiger partial charge in [-0.3, -0.25) is 24.6 Å². The zero-order valence-electron chi connectivity index (χ0n) is 20.4. The van der Waals surface area contributed by atoms with Crippen molar-refractivity contribution >= 4 is 72.3 Å². The largest absolute Gasteiger partial charge is 0.493 e. The third-order valence-corrected chi connectivity index (χ3v) is 8.37. The van der Waals surface area contributed by atoms with Crippen molar-refractivity contribution < 1.29 is 36.6 Å². The van der Waals surface area contributed by atoms with Gasteiger partial charge in [0.05, 0.1) is 33.0 Å². The molecule has 0 saturated carbocycles. The third-order valence-electron chi connectivity index (χ3n) is 5.34. The molecule has 1 aliphatic rings. The number of nitrogens with zero attached hydrogens (tertiary/aromatic N) is 2. The van der Waals surface area contributed by atoms with Crippen LogP contribution in [0.2, 0.25) is 5.02 Å². The van der Waals surface area contributed by atoms with Crippen molar-refractivity contribution in [2.45, 2.75) is 4.90 Å². The monoisotopic (exact) mass is 668 g/mol. The van der Waals surface area contributed by atoms with E-state index in [1.165, 1.54) is 31.4 Å². The maximum absolute atomic E-state index is 12.9. The topological polar surface area (TPSA) is 142 Å². The van der Waals surface area contributed by atoms with Gasteiger partial charge in [-0.1, -0.05) is 29.8 Å². The summed E-state index contributed by atoms with van der Waals surface area (Å²) in [6.45, 7) is 0.0437. The second-order valence-electron chi connectivity index (χ2n) is 7.94. The van der Waals surface area contributed by atoms with E-state index >= 15 is 0 Å². The highest BCUT2D eigenvalue weighted by molar-refractivity contribution is 9.10. The standard InChI is InChI=1S/C25H18BrClN2O9S2/c1-36-21-12-15(11-18(26)23(21)38-40(34,35)17-6-4-5-16(14-17)29(32)33)13-22-24(30)28(25(31)39-22)9-10-37-20-8-3-2-7-19(20)27/h2-8,11-14H,9-10H2,1H3/b22-13-. The number of nitro benzene ring substituents is 1. The number of rotatable bonds is 10. The van der Waals surface area contributed by atoms with Gasteiger partial charge in [0.15, 0.2) is 11.5 Å². The molecule has 0 atom stereocenters. The van der Waals surface area contributed by atoms with E-state index in [1.807, 2.05) is 0 Å². The highest BCUT2D eigenvalue weighted by Gasteiger charge is 2.35. The fourth-order valence-corrected chi connectivity index (χ4v) is 6.17. The van der Waals surface area contributed by atoms with Gasteiger partial charge in [0.2, 0.25) is 0 Å². The first-order valence-corrected chi connectivity index (χ1v) is 14.6. The van der Waals surface area contributed by atoms with Crippen molar-refractivity contribution in [3.63, 3.8) is 0 Å². The Labute approximate surface area is 246 Å². The number of benzene rings is 3. The Morgan fingerprint density at radius 2 is 1.85 bits per heavy atom. The number of methoxy groups -OCH3 is 1. The second kappa shape index (κ2) is 12.3. The Balaban J connectivity index is 1.52. The van der Waals surface area contributed by atoms with Crippen LogP contribution in [-0.2, 0) is 14.9 Å². The quantitative estimate of drug-likeness (QED) is 0.111. The Bertz CT molecular complexity index is 1650. The molecule has 3 aromatic rings. The molecule has 2 amide bonds. The van der Waals surface area contributed by atoms with Gasteiger partial charge >= 0.3 is 10.1 Å². The van der Waals surface area contributed by atoms with Crippen molar-refractivity contribution in [2.75, 3.05) is 20.3 Å². The van der Waals surface area contributed by atoms with Gasteiger partial charge < -0.3 is 13.7 Å². The number of hydrogen-bond donors (Lipinski definition) is 0. The predicted molar refractivity (Wildman–Crippen MR) is 151 cm³/mol. The number of amides is 2. The van der Waals surface area contributed by atoms with Gasteiger partial charge in [0.25, 0.3) is 16.8 Å². The fourth-order valence-electron chi connectivity index (χ4n) is 3.47. The molecule has 0 N–H and O–H groups in total. The average molecular weight is 670 g/mol. The van der Waals surface area contributed by atoms with Gasteiger partial charge in [-0.2, -0.15) is 8.42 Å². The number of carbonyl (C=O) groups is 2. The molecule has 1 aliphatic heterocycles. The summed E-state index contributed by atoms with van der Waals surface area (Å²) < 4.78 is 41.9. The summed E-state index contributed by atoms with van der Waals surface area (Å²) in [5.74, 6) is -0.321. The normalized spacial score (nSPS) is 14.5. The number of non-ortho nitro benzene ring substituents is 1. The van der Waals surface area contributed by atoms with Gasteiger partial charge in [0, 0.05) is 12.1 Å². The summed E-state index contributed by atoms with van der Waals surface area (Å²) in [6.07, 6.45) is 1.45. The summed E-state index contributed by atoms with van der Waals surface area (Å²) in [7, 11) is -3.19. The van der Waals surface area contributed by atoms with Crippen LogP contribution in [-0.4, -0.2) is 49.6 Å². The van der Waals surface area contributed by atoms with Crippen LogP contribution in [0.5, 0.6) is 17.2 Å². The first-order valence-electron chi connectivity index (χ1n) is 11.2. The van der Waals surface area contributed by atoms with Crippen LogP contribution in [0.4, 0.5) is 10.5 Å². The minimum absolute atomic E-state index is 0.00251. The molecule has 0 spiro atoms. The summed E-state index contributed by atoms with van der Waals surface area (Å²) in [5, 5.41) is 11.0. The number of para-hydroxylation sites is 1. The van der Waals surface area contributed by atoms with Crippen molar-refractivity contribution in [3.8, 4) is 17.2 Å². The van der Waals surface area contributed by atoms with Crippen molar-refractivity contribution in [3.05, 3.63) is 90.7 Å². The van der Waals surface area contributed by atoms with Crippen LogP contribution < -0.4 is 13.7 Å². The molecule has 3 aromatic carbocycles. The molecule has 0 radical (unpaired) electrons. The number of hydrogen-bond acceptors (Lipinski definition) is 10. The lowest BCUT2D eigenvalue weighted by Gasteiger charge is -2.14. The number of nitro groups is 1. The summed E-state index contributed by atoms with van der Waals surface area (Å²) in [5.41, 5.74) is -0.0166. The number of ether oxygens (including phenoxy) is 2. The van der Waals surface area contributed by atoms with E-state index in [0.29, 0.717) is 16.3 Å². The number of halogens is 2. The lowest BCUT2D eigenvalue weighted by molar-refractivity contribution is -0.385. The molecule has 1 fully saturated rings. The van der Waals surface area contributed by atoms with Crippen molar-refractivity contribution in [1.82, 2.24) is 4.90 Å². The maximum atomic E-state index is 12.9. The predicted octanol–water partition coefficient (Wildman–Crippen LogP) is 5.90. The first-order chi connectivity index (χ1) is 19.0. The molecule has 0 aromatic heterocycles. The van der Waals surface area contributed by atoms with Crippen LogP contribution in [0.3, 0.4) is 0 Å². The van der Waals surface area contributed by atoms with Crippen LogP contribution in [0.15, 0.2) is 74.9 Å². The first kappa shape index (κ1) is 29.4. The van der Waals surface area contributed by atoms with Crippen LogP contribution in [0.1, 0.15) is 5.56 Å². The van der Waals surface area contributed by atoms with Crippen molar-refractivity contribution in [2.24, 2.45) is 0 Å². The second-order valence-corrected chi connectivity index (χ2v) is 11.7. The summed E-state index contributed by atoms with van der Waals surface area (Å²) in [4.78, 5) is 36.4. The fraction of sp³-hybridized carbons (Fsp3) is 0.120.